The molecule has 2 aromatic carbocycles. The molecule has 0 aromatic heterocycles. The number of carbonyl (C=O) groups excluding carboxylic acids is 2. The van der Waals surface area contributed by atoms with Gasteiger partial charge in [-0.25, -0.2) is 8.42 Å². The van der Waals surface area contributed by atoms with E-state index < -0.39 is 9.84 Å². The summed E-state index contributed by atoms with van der Waals surface area (Å²) < 4.78 is 25.4. The first-order valence-corrected chi connectivity index (χ1v) is 10.4. The number of hydrogen-bond donors (Lipinski definition) is 0. The maximum atomic E-state index is 12.8. The lowest BCUT2D eigenvalue weighted by atomic mass is 9.85. The van der Waals surface area contributed by atoms with Crippen LogP contribution >= 0.6 is 0 Å². The Morgan fingerprint density at radius 1 is 0.741 bits per heavy atom. The molecular weight excluding hydrogens is 362 g/mol. The topological polar surface area (TPSA) is 71.5 Å². The largest absolute Gasteiger partial charge is 0.274 e. The minimum absolute atomic E-state index is 0.137. The van der Waals surface area contributed by atoms with Crippen LogP contribution in [-0.4, -0.2) is 20.2 Å². The number of allylic oxidation sites excluding steroid dienone is 2. The van der Waals surface area contributed by atoms with Crippen molar-refractivity contribution in [1.29, 1.82) is 0 Å². The van der Waals surface area contributed by atoms with Gasteiger partial charge in [0.2, 0.25) is 21.7 Å². The number of benzene rings is 2. The highest BCUT2D eigenvalue weighted by Gasteiger charge is 2.59. The van der Waals surface area contributed by atoms with Crippen molar-refractivity contribution in [1.82, 2.24) is 0 Å². The van der Waals surface area contributed by atoms with Crippen molar-refractivity contribution in [2.45, 2.75) is 16.2 Å². The van der Waals surface area contributed by atoms with Crippen molar-refractivity contribution in [2.75, 3.05) is 4.90 Å². The van der Waals surface area contributed by atoms with Crippen LogP contribution in [0.2, 0.25) is 0 Å². The number of imide groups is 1. The van der Waals surface area contributed by atoms with E-state index in [0.717, 1.165) is 6.42 Å². The fraction of sp³-hybridized carbons (Fsp3) is 0.238. The summed E-state index contributed by atoms with van der Waals surface area (Å²) in [7, 11) is -3.63. The SMILES string of the molecule is O=C1[C@H]2[C@H](C(=O)N1c1ccc(S(=O)(=O)c3ccccc3)cc1)[C@H]1C=C[C@H]2C1. The first-order chi connectivity index (χ1) is 13.0. The average molecular weight is 379 g/mol. The van der Waals surface area contributed by atoms with E-state index in [4.69, 9.17) is 0 Å². The maximum absolute atomic E-state index is 12.8. The van der Waals surface area contributed by atoms with Crippen molar-refractivity contribution in [3.8, 4) is 0 Å². The summed E-state index contributed by atoms with van der Waals surface area (Å²) in [6.45, 7) is 0. The number of anilines is 1. The molecule has 2 amide bonds. The molecule has 2 fully saturated rings. The third-order valence-electron chi connectivity index (χ3n) is 5.93. The van der Waals surface area contributed by atoms with Gasteiger partial charge in [0.25, 0.3) is 0 Å². The Balaban J connectivity index is 1.47. The minimum Gasteiger partial charge on any atom is -0.274 e. The summed E-state index contributed by atoms with van der Waals surface area (Å²) in [6, 6.07) is 14.2. The molecule has 0 unspecified atom stereocenters. The van der Waals surface area contributed by atoms with Gasteiger partial charge in [0.1, 0.15) is 0 Å². The highest BCUT2D eigenvalue weighted by Crippen LogP contribution is 2.53. The van der Waals surface area contributed by atoms with Crippen LogP contribution in [0.5, 0.6) is 0 Å². The molecule has 1 saturated heterocycles. The lowest BCUT2D eigenvalue weighted by Gasteiger charge is -2.17. The van der Waals surface area contributed by atoms with Crippen LogP contribution in [0.3, 0.4) is 0 Å². The number of carbonyl (C=O) groups is 2. The molecular formula is C21H17NO4S. The summed E-state index contributed by atoms with van der Waals surface area (Å²) in [6.07, 6.45) is 4.99. The molecule has 27 heavy (non-hydrogen) atoms. The smallest absolute Gasteiger partial charge is 0.238 e. The number of rotatable bonds is 3. The Morgan fingerprint density at radius 2 is 1.26 bits per heavy atom. The van der Waals surface area contributed by atoms with Gasteiger partial charge in [0, 0.05) is 0 Å². The van der Waals surface area contributed by atoms with Gasteiger partial charge >= 0.3 is 0 Å². The molecule has 6 heteroatoms. The second-order valence-electron chi connectivity index (χ2n) is 7.32. The molecule has 0 spiro atoms. The van der Waals surface area contributed by atoms with Crippen LogP contribution < -0.4 is 4.90 Å². The molecule has 1 heterocycles. The number of nitrogens with zero attached hydrogens (tertiary/aromatic N) is 1. The Kier molecular flexibility index (Phi) is 3.43. The van der Waals surface area contributed by atoms with E-state index in [0.29, 0.717) is 5.69 Å². The van der Waals surface area contributed by atoms with Crippen LogP contribution in [0.25, 0.3) is 0 Å². The first kappa shape index (κ1) is 16.4. The highest BCUT2D eigenvalue weighted by atomic mass is 32.2. The molecule has 136 valence electrons. The Hall–Kier alpha value is -2.73. The lowest BCUT2D eigenvalue weighted by molar-refractivity contribution is -0.123. The second kappa shape index (κ2) is 5.63. The van der Waals surface area contributed by atoms with Crippen molar-refractivity contribution in [3.63, 3.8) is 0 Å². The molecule has 2 aliphatic carbocycles. The van der Waals surface area contributed by atoms with Gasteiger partial charge in [0.05, 0.1) is 27.3 Å². The highest BCUT2D eigenvalue weighted by molar-refractivity contribution is 7.91. The second-order valence-corrected chi connectivity index (χ2v) is 9.27. The quantitative estimate of drug-likeness (QED) is 0.607. The van der Waals surface area contributed by atoms with E-state index >= 15 is 0 Å². The van der Waals surface area contributed by atoms with E-state index in [-0.39, 0.29) is 45.3 Å². The fourth-order valence-electron chi connectivity index (χ4n) is 4.67. The van der Waals surface area contributed by atoms with Crippen LogP contribution in [0, 0.1) is 23.7 Å². The monoisotopic (exact) mass is 379 g/mol. The van der Waals surface area contributed by atoms with Crippen LogP contribution in [0.4, 0.5) is 5.69 Å². The van der Waals surface area contributed by atoms with E-state index in [1.165, 1.54) is 17.0 Å². The molecule has 5 nitrogen and oxygen atoms in total. The number of amides is 2. The van der Waals surface area contributed by atoms with E-state index in [1.807, 2.05) is 0 Å². The average Bonchev–Trinajstić information content (AvgIpc) is 3.36. The predicted octanol–water partition coefficient (Wildman–Crippen LogP) is 2.83. The number of sulfone groups is 1. The first-order valence-electron chi connectivity index (χ1n) is 8.95. The molecule has 0 radical (unpaired) electrons. The number of fused-ring (bicyclic) bond motifs is 5. The van der Waals surface area contributed by atoms with Gasteiger partial charge in [-0.2, -0.15) is 0 Å². The third kappa shape index (κ3) is 2.26. The molecule has 3 aliphatic rings. The molecule has 1 saturated carbocycles. The minimum atomic E-state index is -3.63. The van der Waals surface area contributed by atoms with Crippen molar-refractivity contribution in [2.24, 2.45) is 23.7 Å². The van der Waals surface area contributed by atoms with Gasteiger partial charge in [-0.05, 0) is 54.7 Å². The van der Waals surface area contributed by atoms with E-state index in [1.54, 1.807) is 42.5 Å². The summed E-state index contributed by atoms with van der Waals surface area (Å²) >= 11 is 0. The van der Waals surface area contributed by atoms with Crippen molar-refractivity contribution in [3.05, 3.63) is 66.7 Å². The molecule has 1 aliphatic heterocycles. The van der Waals surface area contributed by atoms with Gasteiger partial charge in [-0.3, -0.25) is 14.5 Å². The van der Waals surface area contributed by atoms with Crippen LogP contribution in [0.15, 0.2) is 76.5 Å². The van der Waals surface area contributed by atoms with E-state index in [2.05, 4.69) is 12.2 Å². The third-order valence-corrected chi connectivity index (χ3v) is 7.71. The Morgan fingerprint density at radius 3 is 1.81 bits per heavy atom. The zero-order valence-corrected chi connectivity index (χ0v) is 15.2. The summed E-state index contributed by atoms with van der Waals surface area (Å²) in [5.41, 5.74) is 0.436. The summed E-state index contributed by atoms with van der Waals surface area (Å²) in [5, 5.41) is 0. The number of hydrogen-bond acceptors (Lipinski definition) is 4. The standard InChI is InChI=1S/C21H17NO4S/c23-20-18-13-6-7-14(12-13)19(18)21(24)22(20)15-8-10-17(11-9-15)27(25,26)16-4-2-1-3-5-16/h1-11,13-14,18-19H,12H2/t13-,14-,18+,19+/m0/s1. The molecule has 5 rings (SSSR count). The van der Waals surface area contributed by atoms with Crippen LogP contribution in [-0.2, 0) is 19.4 Å². The summed E-state index contributed by atoms with van der Waals surface area (Å²) in [5.74, 6) is -0.556. The molecule has 2 bridgehead atoms. The van der Waals surface area contributed by atoms with Gasteiger partial charge in [-0.15, -0.1) is 0 Å². The zero-order valence-electron chi connectivity index (χ0n) is 14.4. The van der Waals surface area contributed by atoms with Gasteiger partial charge < -0.3 is 0 Å². The Labute approximate surface area is 157 Å². The Bertz CT molecular complexity index is 1040. The molecule has 4 atom stereocenters. The molecule has 0 N–H and O–H groups in total. The normalized spacial score (nSPS) is 28.8. The molecule has 2 aromatic rings. The lowest BCUT2D eigenvalue weighted by Crippen LogP contribution is -2.32. The zero-order chi connectivity index (χ0) is 18.8. The van der Waals surface area contributed by atoms with E-state index in [9.17, 15) is 18.0 Å². The van der Waals surface area contributed by atoms with Gasteiger partial charge in [-0.1, -0.05) is 30.4 Å². The maximum Gasteiger partial charge on any atom is 0.238 e. The fourth-order valence-corrected chi connectivity index (χ4v) is 5.95. The van der Waals surface area contributed by atoms with Gasteiger partial charge in [0.15, 0.2) is 0 Å². The van der Waals surface area contributed by atoms with Crippen LogP contribution in [0.1, 0.15) is 6.42 Å². The summed E-state index contributed by atoms with van der Waals surface area (Å²) in [4.78, 5) is 27.3. The predicted molar refractivity (Wildman–Crippen MR) is 98.5 cm³/mol. The van der Waals surface area contributed by atoms with Crippen molar-refractivity contribution >= 4 is 27.3 Å². The van der Waals surface area contributed by atoms with Crippen molar-refractivity contribution < 1.29 is 18.0 Å².